The standard InChI is InChI=1S/C10H18O/c1-8(2)10-5-3-9(7-11)4-6-10/h9-11H,1,3-7H2,2H3/t9-,10-. The Bertz CT molecular complexity index is 132. The van der Waals surface area contributed by atoms with Gasteiger partial charge < -0.3 is 5.11 Å². The zero-order valence-corrected chi connectivity index (χ0v) is 7.34. The molecule has 0 aliphatic heterocycles. The summed E-state index contributed by atoms with van der Waals surface area (Å²) in [6.07, 6.45) is 4.85. The molecule has 0 aromatic rings. The SMILES string of the molecule is C=C(C)[C@H]1CC[C@H](CO)CC1. The predicted molar refractivity (Wildman–Crippen MR) is 47.3 cm³/mol. The fourth-order valence-electron chi connectivity index (χ4n) is 1.84. The molecule has 1 N–H and O–H groups in total. The maximum absolute atomic E-state index is 8.89. The normalized spacial score (nSPS) is 31.8. The maximum Gasteiger partial charge on any atom is 0.0459 e. The van der Waals surface area contributed by atoms with Gasteiger partial charge >= 0.3 is 0 Å². The molecule has 1 nitrogen and oxygen atoms in total. The molecule has 0 spiro atoms. The minimum absolute atomic E-state index is 0.378. The van der Waals surface area contributed by atoms with Gasteiger partial charge in [-0.15, -0.1) is 0 Å². The average Bonchev–Trinajstić information content (AvgIpc) is 2.05. The van der Waals surface area contributed by atoms with Gasteiger partial charge in [-0.1, -0.05) is 12.2 Å². The third kappa shape index (κ3) is 2.33. The van der Waals surface area contributed by atoms with Crippen LogP contribution in [-0.2, 0) is 0 Å². The zero-order chi connectivity index (χ0) is 8.27. The highest BCUT2D eigenvalue weighted by atomic mass is 16.3. The Balaban J connectivity index is 2.30. The number of hydrogen-bond donors (Lipinski definition) is 1. The molecule has 0 amide bonds. The van der Waals surface area contributed by atoms with Crippen LogP contribution in [0.5, 0.6) is 0 Å². The van der Waals surface area contributed by atoms with Crippen LogP contribution >= 0.6 is 0 Å². The van der Waals surface area contributed by atoms with Gasteiger partial charge in [0.2, 0.25) is 0 Å². The summed E-state index contributed by atoms with van der Waals surface area (Å²) in [4.78, 5) is 0. The maximum atomic E-state index is 8.89. The molecule has 1 fully saturated rings. The lowest BCUT2D eigenvalue weighted by Crippen LogP contribution is -2.17. The third-order valence-electron chi connectivity index (χ3n) is 2.80. The van der Waals surface area contributed by atoms with Gasteiger partial charge in [0.15, 0.2) is 0 Å². The van der Waals surface area contributed by atoms with Gasteiger partial charge in [-0.2, -0.15) is 0 Å². The van der Waals surface area contributed by atoms with E-state index < -0.39 is 0 Å². The van der Waals surface area contributed by atoms with Crippen LogP contribution in [0.4, 0.5) is 0 Å². The third-order valence-corrected chi connectivity index (χ3v) is 2.80. The molecule has 0 aromatic heterocycles. The molecular weight excluding hydrogens is 136 g/mol. The largest absolute Gasteiger partial charge is 0.396 e. The minimum atomic E-state index is 0.378. The molecule has 1 rings (SSSR count). The van der Waals surface area contributed by atoms with Crippen molar-refractivity contribution in [3.05, 3.63) is 12.2 Å². The Hall–Kier alpha value is -0.300. The van der Waals surface area contributed by atoms with Gasteiger partial charge in [0.05, 0.1) is 0 Å². The first kappa shape index (κ1) is 8.79. The molecule has 0 radical (unpaired) electrons. The van der Waals surface area contributed by atoms with Crippen molar-refractivity contribution in [2.24, 2.45) is 11.8 Å². The molecule has 1 aliphatic rings. The fourth-order valence-corrected chi connectivity index (χ4v) is 1.84. The number of aliphatic hydroxyl groups is 1. The molecule has 0 saturated heterocycles. The van der Waals surface area contributed by atoms with Crippen LogP contribution in [0.15, 0.2) is 12.2 Å². The Morgan fingerprint density at radius 3 is 2.27 bits per heavy atom. The van der Waals surface area contributed by atoms with Crippen LogP contribution in [0, 0.1) is 11.8 Å². The van der Waals surface area contributed by atoms with E-state index in [9.17, 15) is 0 Å². The number of aliphatic hydroxyl groups excluding tert-OH is 1. The molecule has 11 heavy (non-hydrogen) atoms. The van der Waals surface area contributed by atoms with Crippen molar-refractivity contribution in [2.75, 3.05) is 6.61 Å². The van der Waals surface area contributed by atoms with Crippen LogP contribution in [-0.4, -0.2) is 11.7 Å². The van der Waals surface area contributed by atoms with Crippen molar-refractivity contribution < 1.29 is 5.11 Å². The quantitative estimate of drug-likeness (QED) is 0.605. The van der Waals surface area contributed by atoms with E-state index in [0.717, 1.165) is 5.92 Å². The minimum Gasteiger partial charge on any atom is -0.396 e. The number of allylic oxidation sites excluding steroid dienone is 1. The summed E-state index contributed by atoms with van der Waals surface area (Å²) >= 11 is 0. The van der Waals surface area contributed by atoms with E-state index in [4.69, 9.17) is 5.11 Å². The monoisotopic (exact) mass is 154 g/mol. The summed E-state index contributed by atoms with van der Waals surface area (Å²) in [6, 6.07) is 0. The molecule has 0 unspecified atom stereocenters. The summed E-state index contributed by atoms with van der Waals surface area (Å²) in [7, 11) is 0. The van der Waals surface area contributed by atoms with Gasteiger partial charge in [0.25, 0.3) is 0 Å². The summed E-state index contributed by atoms with van der Waals surface area (Å²) in [5, 5.41) is 8.89. The molecule has 0 atom stereocenters. The van der Waals surface area contributed by atoms with E-state index in [1.54, 1.807) is 0 Å². The van der Waals surface area contributed by atoms with E-state index in [2.05, 4.69) is 13.5 Å². The number of rotatable bonds is 2. The molecule has 64 valence electrons. The van der Waals surface area contributed by atoms with Crippen LogP contribution in [0.3, 0.4) is 0 Å². The van der Waals surface area contributed by atoms with Crippen molar-refractivity contribution in [1.29, 1.82) is 0 Å². The zero-order valence-electron chi connectivity index (χ0n) is 7.34. The highest BCUT2D eigenvalue weighted by Crippen LogP contribution is 2.31. The van der Waals surface area contributed by atoms with Crippen molar-refractivity contribution in [3.63, 3.8) is 0 Å². The lowest BCUT2D eigenvalue weighted by molar-refractivity contribution is 0.175. The van der Waals surface area contributed by atoms with Crippen LogP contribution in [0.2, 0.25) is 0 Å². The summed E-state index contributed by atoms with van der Waals surface area (Å²) in [5.41, 5.74) is 1.32. The van der Waals surface area contributed by atoms with Gasteiger partial charge in [-0.25, -0.2) is 0 Å². The first-order valence-corrected chi connectivity index (χ1v) is 4.50. The first-order valence-electron chi connectivity index (χ1n) is 4.50. The van der Waals surface area contributed by atoms with Crippen LogP contribution < -0.4 is 0 Å². The van der Waals surface area contributed by atoms with E-state index in [-0.39, 0.29) is 0 Å². The van der Waals surface area contributed by atoms with Crippen molar-refractivity contribution >= 4 is 0 Å². The average molecular weight is 154 g/mol. The molecule has 0 aromatic carbocycles. The highest BCUT2D eigenvalue weighted by molar-refractivity contribution is 4.97. The predicted octanol–water partition coefficient (Wildman–Crippen LogP) is 2.36. The van der Waals surface area contributed by atoms with E-state index in [1.165, 1.54) is 31.3 Å². The van der Waals surface area contributed by atoms with Crippen LogP contribution in [0.1, 0.15) is 32.6 Å². The Labute approximate surface area is 69.1 Å². The van der Waals surface area contributed by atoms with E-state index in [1.807, 2.05) is 0 Å². The molecule has 1 saturated carbocycles. The van der Waals surface area contributed by atoms with Crippen molar-refractivity contribution in [2.45, 2.75) is 32.6 Å². The van der Waals surface area contributed by atoms with Gasteiger partial charge in [-0.05, 0) is 44.4 Å². The molecule has 0 bridgehead atoms. The van der Waals surface area contributed by atoms with Gasteiger partial charge in [0.1, 0.15) is 0 Å². The Morgan fingerprint density at radius 1 is 1.36 bits per heavy atom. The second kappa shape index (κ2) is 3.91. The second-order valence-electron chi connectivity index (χ2n) is 3.75. The Morgan fingerprint density at radius 2 is 1.91 bits per heavy atom. The smallest absolute Gasteiger partial charge is 0.0459 e. The summed E-state index contributed by atoms with van der Waals surface area (Å²) < 4.78 is 0. The fraction of sp³-hybridized carbons (Fsp3) is 0.800. The molecule has 1 aliphatic carbocycles. The van der Waals surface area contributed by atoms with Gasteiger partial charge in [-0.3, -0.25) is 0 Å². The van der Waals surface area contributed by atoms with Crippen LogP contribution in [0.25, 0.3) is 0 Å². The summed E-state index contributed by atoms with van der Waals surface area (Å²) in [5.74, 6) is 1.31. The van der Waals surface area contributed by atoms with Crippen molar-refractivity contribution in [3.8, 4) is 0 Å². The number of hydrogen-bond acceptors (Lipinski definition) is 1. The van der Waals surface area contributed by atoms with Gasteiger partial charge in [0, 0.05) is 6.61 Å². The molecule has 1 heteroatoms. The topological polar surface area (TPSA) is 20.2 Å². The lowest BCUT2D eigenvalue weighted by Gasteiger charge is -2.27. The lowest BCUT2D eigenvalue weighted by atomic mass is 9.80. The second-order valence-corrected chi connectivity index (χ2v) is 3.75. The highest BCUT2D eigenvalue weighted by Gasteiger charge is 2.20. The molecule has 0 heterocycles. The summed E-state index contributed by atoms with van der Waals surface area (Å²) in [6.45, 7) is 6.46. The molecular formula is C10H18O. The first-order chi connectivity index (χ1) is 5.24. The van der Waals surface area contributed by atoms with E-state index in [0.29, 0.717) is 12.5 Å². The van der Waals surface area contributed by atoms with Crippen molar-refractivity contribution in [1.82, 2.24) is 0 Å². The van der Waals surface area contributed by atoms with E-state index >= 15 is 0 Å². The Kier molecular flexibility index (Phi) is 3.13.